The molecule has 1 aliphatic carbocycles. The van der Waals surface area contributed by atoms with Crippen molar-refractivity contribution in [2.75, 3.05) is 5.43 Å². The van der Waals surface area contributed by atoms with E-state index in [1.54, 1.807) is 0 Å². The third-order valence-corrected chi connectivity index (χ3v) is 2.80. The number of nitrogens with two attached hydrogens (primary N) is 1. The zero-order valence-electron chi connectivity index (χ0n) is 10.5. The number of anilines is 1. The van der Waals surface area contributed by atoms with E-state index in [-0.39, 0.29) is 5.78 Å². The molecule has 2 aromatic rings. The van der Waals surface area contributed by atoms with Crippen molar-refractivity contribution in [1.82, 2.24) is 0 Å². The maximum absolute atomic E-state index is 11.2. The van der Waals surface area contributed by atoms with Gasteiger partial charge in [-0.2, -0.15) is 0 Å². The van der Waals surface area contributed by atoms with E-state index in [4.69, 9.17) is 5.84 Å². The highest BCUT2D eigenvalue weighted by Gasteiger charge is 2.10. The maximum Gasteiger partial charge on any atom is 0.167 e. The number of allylic oxidation sites excluding steroid dienone is 1. The van der Waals surface area contributed by atoms with E-state index < -0.39 is 0 Å². The molecule has 3 N–H and O–H groups in total. The number of hydrogen-bond acceptors (Lipinski definition) is 3. The molecular formula is C16H16N2O. The minimum atomic E-state index is 0.225. The lowest BCUT2D eigenvalue weighted by molar-refractivity contribution is 0.0994. The van der Waals surface area contributed by atoms with Crippen LogP contribution in [-0.4, -0.2) is 5.78 Å². The smallest absolute Gasteiger partial charge is 0.167 e. The first kappa shape index (κ1) is 13.1. The summed E-state index contributed by atoms with van der Waals surface area (Å²) in [5.74, 6) is 5.32. The van der Waals surface area contributed by atoms with Gasteiger partial charge in [-0.25, -0.2) is 0 Å². The Hall–Kier alpha value is -2.39. The van der Waals surface area contributed by atoms with Gasteiger partial charge in [0.2, 0.25) is 0 Å². The van der Waals surface area contributed by atoms with Crippen LogP contribution >= 0.6 is 0 Å². The molecule has 0 aromatic heterocycles. The predicted molar refractivity (Wildman–Crippen MR) is 78.7 cm³/mol. The van der Waals surface area contributed by atoms with E-state index in [2.05, 4.69) is 5.43 Å². The van der Waals surface area contributed by atoms with Crippen molar-refractivity contribution in [2.24, 2.45) is 5.84 Å². The number of fused-ring (bicyclic) bond motifs is 1. The summed E-state index contributed by atoms with van der Waals surface area (Å²) >= 11 is 0. The van der Waals surface area contributed by atoms with Crippen molar-refractivity contribution in [3.63, 3.8) is 0 Å². The molecule has 2 aromatic carbocycles. The van der Waals surface area contributed by atoms with Crippen molar-refractivity contribution in [3.05, 3.63) is 71.8 Å². The molecule has 0 spiro atoms. The van der Waals surface area contributed by atoms with Gasteiger partial charge in [0.15, 0.2) is 5.78 Å². The number of carbonyl (C=O) groups is 1. The van der Waals surface area contributed by atoms with Gasteiger partial charge in [-0.1, -0.05) is 54.6 Å². The number of benzene rings is 2. The molecule has 0 saturated heterocycles. The van der Waals surface area contributed by atoms with Gasteiger partial charge >= 0.3 is 0 Å². The van der Waals surface area contributed by atoms with Crippen molar-refractivity contribution >= 4 is 17.5 Å². The first-order chi connectivity index (χ1) is 9.31. The van der Waals surface area contributed by atoms with Crippen molar-refractivity contribution in [3.8, 4) is 0 Å². The van der Waals surface area contributed by atoms with Crippen LogP contribution in [0.3, 0.4) is 0 Å². The van der Waals surface area contributed by atoms with Gasteiger partial charge in [0.1, 0.15) is 0 Å². The lowest BCUT2D eigenvalue weighted by Crippen LogP contribution is -2.05. The number of carbonyl (C=O) groups excluding carboxylic acids is 1. The standard InChI is InChI=1S/C10H8O.C6H8N2/c11-10-7-3-5-8-4-1-2-6-9(8)10;7-8-6-4-2-1-3-5-6/h1-6H,7H2;1-5,8H,7H2. The van der Waals surface area contributed by atoms with Crippen LogP contribution < -0.4 is 11.3 Å². The summed E-state index contributed by atoms with van der Waals surface area (Å²) in [6, 6.07) is 17.3. The molecule has 0 saturated carbocycles. The number of hydrogen-bond donors (Lipinski definition) is 2. The quantitative estimate of drug-likeness (QED) is 0.605. The molecule has 3 heteroatoms. The number of nitrogen functional groups attached to an aromatic ring is 1. The maximum atomic E-state index is 11.2. The topological polar surface area (TPSA) is 55.1 Å². The van der Waals surface area contributed by atoms with Crippen LogP contribution in [0.5, 0.6) is 0 Å². The number of hydrazine groups is 1. The monoisotopic (exact) mass is 252 g/mol. The first-order valence-electron chi connectivity index (χ1n) is 6.11. The van der Waals surface area contributed by atoms with E-state index in [0.717, 1.165) is 16.8 Å². The molecular weight excluding hydrogens is 236 g/mol. The molecule has 0 heterocycles. The fraction of sp³-hybridized carbons (Fsp3) is 0.0625. The summed E-state index contributed by atoms with van der Waals surface area (Å²) in [4.78, 5) is 11.2. The Labute approximate surface area is 112 Å². The molecule has 0 radical (unpaired) electrons. The Morgan fingerprint density at radius 1 is 0.947 bits per heavy atom. The summed E-state index contributed by atoms with van der Waals surface area (Å²) in [5.41, 5.74) is 5.37. The van der Waals surface area contributed by atoms with Crippen LogP contribution in [0.4, 0.5) is 5.69 Å². The van der Waals surface area contributed by atoms with Crippen molar-refractivity contribution in [2.45, 2.75) is 6.42 Å². The molecule has 0 atom stereocenters. The molecule has 19 heavy (non-hydrogen) atoms. The third-order valence-electron chi connectivity index (χ3n) is 2.80. The van der Waals surface area contributed by atoms with Crippen LogP contribution in [0.15, 0.2) is 60.7 Å². The van der Waals surface area contributed by atoms with Crippen LogP contribution in [0.2, 0.25) is 0 Å². The Morgan fingerprint density at radius 3 is 2.26 bits per heavy atom. The van der Waals surface area contributed by atoms with E-state index in [1.807, 2.05) is 66.7 Å². The van der Waals surface area contributed by atoms with Crippen molar-refractivity contribution < 1.29 is 4.79 Å². The van der Waals surface area contributed by atoms with Gasteiger partial charge < -0.3 is 5.43 Å². The molecule has 0 bridgehead atoms. The van der Waals surface area contributed by atoms with Gasteiger partial charge in [0, 0.05) is 17.7 Å². The summed E-state index contributed by atoms with van der Waals surface area (Å²) in [5, 5.41) is 0. The average molecular weight is 252 g/mol. The predicted octanol–water partition coefficient (Wildman–Crippen LogP) is 3.26. The average Bonchev–Trinajstić information content (AvgIpc) is 2.49. The molecule has 3 rings (SSSR count). The number of para-hydroxylation sites is 1. The Morgan fingerprint density at radius 2 is 1.63 bits per heavy atom. The van der Waals surface area contributed by atoms with Gasteiger partial charge in [-0.05, 0) is 17.7 Å². The molecule has 96 valence electrons. The largest absolute Gasteiger partial charge is 0.324 e. The minimum absolute atomic E-state index is 0.225. The second kappa shape index (κ2) is 6.52. The molecule has 0 aliphatic heterocycles. The van der Waals surface area contributed by atoms with Gasteiger partial charge in [-0.15, -0.1) is 0 Å². The van der Waals surface area contributed by atoms with Crippen LogP contribution in [0.1, 0.15) is 22.3 Å². The Bertz CT molecular complexity index is 576. The summed E-state index contributed by atoms with van der Waals surface area (Å²) in [7, 11) is 0. The van der Waals surface area contributed by atoms with Gasteiger partial charge in [0.25, 0.3) is 0 Å². The molecule has 0 unspecified atom stereocenters. The molecule has 1 aliphatic rings. The highest BCUT2D eigenvalue weighted by atomic mass is 16.1. The lowest BCUT2D eigenvalue weighted by atomic mass is 9.97. The van der Waals surface area contributed by atoms with E-state index in [0.29, 0.717) is 6.42 Å². The van der Waals surface area contributed by atoms with E-state index in [1.165, 1.54) is 0 Å². The minimum Gasteiger partial charge on any atom is -0.324 e. The number of ketones is 1. The van der Waals surface area contributed by atoms with Crippen molar-refractivity contribution in [1.29, 1.82) is 0 Å². The van der Waals surface area contributed by atoms with E-state index >= 15 is 0 Å². The van der Waals surface area contributed by atoms with Crippen LogP contribution in [-0.2, 0) is 0 Å². The fourth-order valence-electron chi connectivity index (χ4n) is 1.83. The number of rotatable bonds is 1. The first-order valence-corrected chi connectivity index (χ1v) is 6.11. The zero-order chi connectivity index (χ0) is 13.5. The Balaban J connectivity index is 0.000000148. The van der Waals surface area contributed by atoms with Gasteiger partial charge in [0.05, 0.1) is 0 Å². The SMILES string of the molecule is NNc1ccccc1.O=C1CC=Cc2ccccc21. The van der Waals surface area contributed by atoms with Crippen LogP contribution in [0.25, 0.3) is 6.08 Å². The molecule has 0 amide bonds. The summed E-state index contributed by atoms with van der Waals surface area (Å²) in [6.07, 6.45) is 4.46. The lowest BCUT2D eigenvalue weighted by Gasteiger charge is -2.07. The second-order valence-corrected chi connectivity index (χ2v) is 4.13. The highest BCUT2D eigenvalue weighted by molar-refractivity contribution is 6.02. The molecule has 3 nitrogen and oxygen atoms in total. The summed E-state index contributed by atoms with van der Waals surface area (Å²) < 4.78 is 0. The number of Topliss-reactive ketones (excluding diaryl/α,β-unsaturated/α-hetero) is 1. The third kappa shape index (κ3) is 3.53. The fourth-order valence-corrected chi connectivity index (χ4v) is 1.83. The highest BCUT2D eigenvalue weighted by Crippen LogP contribution is 2.17. The van der Waals surface area contributed by atoms with Crippen LogP contribution in [0, 0.1) is 0 Å². The zero-order valence-corrected chi connectivity index (χ0v) is 10.5. The van der Waals surface area contributed by atoms with Gasteiger partial charge in [-0.3, -0.25) is 10.6 Å². The molecule has 0 fully saturated rings. The Kier molecular flexibility index (Phi) is 4.48. The van der Waals surface area contributed by atoms with E-state index in [9.17, 15) is 4.79 Å². The number of nitrogens with one attached hydrogen (secondary N) is 1. The summed E-state index contributed by atoms with van der Waals surface area (Å²) in [6.45, 7) is 0. The normalized spacial score (nSPS) is 12.2. The second-order valence-electron chi connectivity index (χ2n) is 4.13.